The predicted molar refractivity (Wildman–Crippen MR) is 186 cm³/mol. The number of hydrogen-bond donors (Lipinski definition) is 2. The highest BCUT2D eigenvalue weighted by Gasteiger charge is 2.12. The Labute approximate surface area is 294 Å². The van der Waals surface area contributed by atoms with Gasteiger partial charge in [-0.05, 0) is 34.4 Å². The van der Waals surface area contributed by atoms with Crippen molar-refractivity contribution in [2.24, 2.45) is 0 Å². The van der Waals surface area contributed by atoms with Gasteiger partial charge in [0.05, 0.1) is 38.8 Å². The molecular weight excluding hydrogens is 675 g/mol. The summed E-state index contributed by atoms with van der Waals surface area (Å²) in [6, 6.07) is 27.1. The molecule has 14 nitrogen and oxygen atoms in total. The van der Waals surface area contributed by atoms with E-state index >= 15 is 0 Å². The summed E-state index contributed by atoms with van der Waals surface area (Å²) in [4.78, 5) is 17.0. The molecule has 6 heterocycles. The Morgan fingerprint density at radius 2 is 0.900 bits per heavy atom. The maximum atomic E-state index is 8.39. The fourth-order valence-electron chi connectivity index (χ4n) is 5.17. The van der Waals surface area contributed by atoms with Gasteiger partial charge in [0, 0.05) is 12.4 Å². The molecule has 0 amide bonds. The largest absolute Gasteiger partial charge is 0.311 e. The highest BCUT2D eigenvalue weighted by molar-refractivity contribution is 6.29. The smallest absolute Gasteiger partial charge is 0.184 e. The molecule has 0 aliphatic rings. The minimum absolute atomic E-state index is 0.286. The number of hydrogen-bond acceptors (Lipinski definition) is 10. The lowest BCUT2D eigenvalue weighted by molar-refractivity contribution is 0.661. The second kappa shape index (κ2) is 14.6. The number of benzene rings is 2. The van der Waals surface area contributed by atoms with Crippen LogP contribution < -0.4 is 11.0 Å². The lowest BCUT2D eigenvalue weighted by Crippen LogP contribution is -2.22. The van der Waals surface area contributed by atoms with Crippen molar-refractivity contribution in [3.05, 3.63) is 154 Å². The van der Waals surface area contributed by atoms with Gasteiger partial charge in [-0.15, -0.1) is 10.2 Å². The molecule has 2 aromatic carbocycles. The van der Waals surface area contributed by atoms with Crippen LogP contribution in [0.2, 0.25) is 10.3 Å². The minimum atomic E-state index is 0.286. The number of halogens is 2. The van der Waals surface area contributed by atoms with E-state index in [1.807, 2.05) is 72.8 Å². The molecule has 0 saturated carbocycles. The average Bonchev–Trinajstić information content (AvgIpc) is 3.75. The molecule has 8 aromatic rings. The van der Waals surface area contributed by atoms with E-state index in [9.17, 15) is 0 Å². The number of aromatic nitrogens is 12. The summed E-state index contributed by atoms with van der Waals surface area (Å²) in [7, 11) is 0. The topological polar surface area (TPSA) is 171 Å². The van der Waals surface area contributed by atoms with E-state index in [0.717, 1.165) is 22.3 Å². The zero-order chi connectivity index (χ0) is 34.5. The van der Waals surface area contributed by atoms with Crippen molar-refractivity contribution in [2.75, 3.05) is 0 Å². The standard InChI is InChI=1S/2C17H14ClN7/c2*18-14-7-6-13(8-20-14)10-25-17-15(22-23-25)16(19)24(11-21-17)9-12-4-2-1-3-5-12/h2*1-8,11,19H,9-10H2. The summed E-state index contributed by atoms with van der Waals surface area (Å²) in [5.41, 5.74) is 6.73. The Kier molecular flexibility index (Phi) is 9.44. The number of fused-ring (bicyclic) bond motifs is 2. The maximum Gasteiger partial charge on any atom is 0.184 e. The Morgan fingerprint density at radius 1 is 0.480 bits per heavy atom. The molecule has 248 valence electrons. The summed E-state index contributed by atoms with van der Waals surface area (Å²) in [5.74, 6) is 0. The van der Waals surface area contributed by atoms with E-state index in [1.54, 1.807) is 55.7 Å². The molecule has 0 aliphatic carbocycles. The number of pyridine rings is 2. The lowest BCUT2D eigenvalue weighted by atomic mass is 10.2. The quantitative estimate of drug-likeness (QED) is 0.218. The van der Waals surface area contributed by atoms with Crippen LogP contribution in [-0.2, 0) is 26.2 Å². The van der Waals surface area contributed by atoms with Gasteiger partial charge in [-0.2, -0.15) is 0 Å². The van der Waals surface area contributed by atoms with Crippen molar-refractivity contribution in [3.63, 3.8) is 0 Å². The van der Waals surface area contributed by atoms with E-state index in [2.05, 4.69) is 40.6 Å². The van der Waals surface area contributed by atoms with Crippen LogP contribution >= 0.6 is 23.2 Å². The van der Waals surface area contributed by atoms with Crippen LogP contribution in [0.1, 0.15) is 22.3 Å². The molecule has 0 atom stereocenters. The van der Waals surface area contributed by atoms with E-state index in [4.69, 9.17) is 34.0 Å². The van der Waals surface area contributed by atoms with Gasteiger partial charge in [-0.3, -0.25) is 10.8 Å². The van der Waals surface area contributed by atoms with Crippen molar-refractivity contribution >= 4 is 45.5 Å². The molecule has 50 heavy (non-hydrogen) atoms. The first-order valence-electron chi connectivity index (χ1n) is 15.4. The SMILES string of the molecule is N=c1c2nnn(Cc3ccc(Cl)nc3)c2ncn1Cc1ccccc1.N=c1c2nnn(Cc3ccc(Cl)nc3)c2ncn1Cc1ccccc1. The molecule has 0 radical (unpaired) electrons. The number of nitrogens with zero attached hydrogens (tertiary/aromatic N) is 12. The first-order chi connectivity index (χ1) is 24.4. The zero-order valence-corrected chi connectivity index (χ0v) is 27.9. The maximum absolute atomic E-state index is 8.39. The third kappa shape index (κ3) is 7.31. The molecule has 8 rings (SSSR count). The van der Waals surface area contributed by atoms with Crippen molar-refractivity contribution in [1.29, 1.82) is 10.8 Å². The molecule has 0 saturated heterocycles. The number of nitrogens with one attached hydrogen (secondary N) is 2. The molecule has 16 heteroatoms. The van der Waals surface area contributed by atoms with Gasteiger partial charge < -0.3 is 9.13 Å². The number of rotatable bonds is 8. The van der Waals surface area contributed by atoms with Gasteiger partial charge in [0.25, 0.3) is 0 Å². The van der Waals surface area contributed by atoms with Gasteiger partial charge in [0.15, 0.2) is 33.3 Å². The Morgan fingerprint density at radius 3 is 1.28 bits per heavy atom. The van der Waals surface area contributed by atoms with Gasteiger partial charge in [0.1, 0.15) is 10.3 Å². The Bertz CT molecular complexity index is 2310. The monoisotopic (exact) mass is 702 g/mol. The van der Waals surface area contributed by atoms with E-state index < -0.39 is 0 Å². The summed E-state index contributed by atoms with van der Waals surface area (Å²) in [6.45, 7) is 2.07. The van der Waals surface area contributed by atoms with Crippen LogP contribution in [0.4, 0.5) is 0 Å². The van der Waals surface area contributed by atoms with Crippen LogP contribution in [-0.4, -0.2) is 59.1 Å². The summed E-state index contributed by atoms with van der Waals surface area (Å²) in [6.07, 6.45) is 6.68. The normalized spacial score (nSPS) is 11.1. The zero-order valence-electron chi connectivity index (χ0n) is 26.3. The average molecular weight is 704 g/mol. The molecule has 0 fully saturated rings. The first kappa shape index (κ1) is 32.4. The van der Waals surface area contributed by atoms with Crippen molar-refractivity contribution < 1.29 is 0 Å². The third-order valence-corrected chi connectivity index (χ3v) is 8.16. The highest BCUT2D eigenvalue weighted by Crippen LogP contribution is 2.12. The van der Waals surface area contributed by atoms with Crippen molar-refractivity contribution in [3.8, 4) is 0 Å². The minimum Gasteiger partial charge on any atom is -0.311 e. The van der Waals surface area contributed by atoms with E-state index in [1.165, 1.54) is 0 Å². The van der Waals surface area contributed by atoms with Gasteiger partial charge >= 0.3 is 0 Å². The molecular formula is C34H28Cl2N14. The predicted octanol–water partition coefficient (Wildman–Crippen LogP) is 4.50. The van der Waals surface area contributed by atoms with Crippen LogP contribution in [0.25, 0.3) is 22.3 Å². The molecule has 2 N–H and O–H groups in total. The molecule has 0 unspecified atom stereocenters. The summed E-state index contributed by atoms with van der Waals surface area (Å²) >= 11 is 11.6. The van der Waals surface area contributed by atoms with Gasteiger partial charge in [0.2, 0.25) is 0 Å². The van der Waals surface area contributed by atoms with Crippen LogP contribution in [0.3, 0.4) is 0 Å². The summed E-state index contributed by atoms with van der Waals surface area (Å²) in [5, 5.41) is 34.2. The third-order valence-electron chi connectivity index (χ3n) is 7.71. The first-order valence-corrected chi connectivity index (χ1v) is 16.1. The fourth-order valence-corrected chi connectivity index (χ4v) is 5.40. The van der Waals surface area contributed by atoms with Gasteiger partial charge in [-0.25, -0.2) is 29.3 Å². The molecule has 0 spiro atoms. The molecule has 0 aliphatic heterocycles. The second-order valence-electron chi connectivity index (χ2n) is 11.2. The summed E-state index contributed by atoms with van der Waals surface area (Å²) < 4.78 is 6.82. The van der Waals surface area contributed by atoms with Crippen LogP contribution in [0.15, 0.2) is 110 Å². The van der Waals surface area contributed by atoms with Gasteiger partial charge in [-0.1, -0.05) is 106 Å². The van der Waals surface area contributed by atoms with Crippen molar-refractivity contribution in [2.45, 2.75) is 26.2 Å². The van der Waals surface area contributed by atoms with Crippen molar-refractivity contribution in [1.82, 2.24) is 59.1 Å². The molecule has 6 aromatic heterocycles. The second-order valence-corrected chi connectivity index (χ2v) is 12.0. The van der Waals surface area contributed by atoms with Crippen LogP contribution in [0.5, 0.6) is 0 Å². The lowest BCUT2D eigenvalue weighted by Gasteiger charge is -2.07. The Balaban J connectivity index is 0.000000157. The molecule has 0 bridgehead atoms. The van der Waals surface area contributed by atoms with E-state index in [-0.39, 0.29) is 11.0 Å². The van der Waals surface area contributed by atoms with Crippen LogP contribution in [0, 0.1) is 10.8 Å². The Hall–Kier alpha value is -6.12. The highest BCUT2D eigenvalue weighted by atomic mass is 35.5. The van der Waals surface area contributed by atoms with E-state index in [0.29, 0.717) is 58.8 Å². The fraction of sp³-hybridized carbons (Fsp3) is 0.118.